The van der Waals surface area contributed by atoms with Crippen molar-refractivity contribution < 1.29 is 0 Å². The topological polar surface area (TPSA) is 15.3 Å². The summed E-state index contributed by atoms with van der Waals surface area (Å²) >= 11 is 0. The summed E-state index contributed by atoms with van der Waals surface area (Å²) < 4.78 is 0. The van der Waals surface area contributed by atoms with E-state index in [2.05, 4.69) is 48.3 Å². The van der Waals surface area contributed by atoms with Crippen LogP contribution in [0.1, 0.15) is 57.1 Å². The molecule has 1 aromatic carbocycles. The molecule has 2 nitrogen and oxygen atoms in total. The summed E-state index contributed by atoms with van der Waals surface area (Å²) in [6.07, 6.45) is 6.83. The standard InChI is InChI=1S/C18H30N2/c1-3-13-19-14-16-9-11-17(12-10-16)15-20(4-2)18-7-5-6-8-18/h9-12,18-19H,3-8,13-15H2,1-2H3. The average molecular weight is 274 g/mol. The SMILES string of the molecule is CCCNCc1ccc(CN(CC)C2CCCC2)cc1. The first-order valence-electron chi connectivity index (χ1n) is 8.36. The first-order valence-corrected chi connectivity index (χ1v) is 8.36. The van der Waals surface area contributed by atoms with E-state index in [0.29, 0.717) is 0 Å². The van der Waals surface area contributed by atoms with Crippen molar-refractivity contribution in [2.45, 2.75) is 65.1 Å². The van der Waals surface area contributed by atoms with Crippen LogP contribution in [0.3, 0.4) is 0 Å². The van der Waals surface area contributed by atoms with E-state index in [9.17, 15) is 0 Å². The van der Waals surface area contributed by atoms with Gasteiger partial charge in [0.2, 0.25) is 0 Å². The summed E-state index contributed by atoms with van der Waals surface area (Å²) in [5, 5.41) is 3.46. The molecule has 0 aromatic heterocycles. The fourth-order valence-corrected chi connectivity index (χ4v) is 3.18. The van der Waals surface area contributed by atoms with Gasteiger partial charge in [-0.1, -0.05) is 51.0 Å². The van der Waals surface area contributed by atoms with Crippen LogP contribution in [0.2, 0.25) is 0 Å². The van der Waals surface area contributed by atoms with Gasteiger partial charge in [0, 0.05) is 19.1 Å². The monoisotopic (exact) mass is 274 g/mol. The van der Waals surface area contributed by atoms with Crippen molar-refractivity contribution in [3.63, 3.8) is 0 Å². The van der Waals surface area contributed by atoms with E-state index in [4.69, 9.17) is 0 Å². The smallest absolute Gasteiger partial charge is 0.0236 e. The van der Waals surface area contributed by atoms with Crippen LogP contribution in [-0.4, -0.2) is 24.0 Å². The van der Waals surface area contributed by atoms with Crippen LogP contribution < -0.4 is 5.32 Å². The van der Waals surface area contributed by atoms with Crippen LogP contribution in [0.5, 0.6) is 0 Å². The molecule has 1 N–H and O–H groups in total. The first kappa shape index (κ1) is 15.5. The molecule has 1 aliphatic rings. The quantitative estimate of drug-likeness (QED) is 0.722. The van der Waals surface area contributed by atoms with Crippen molar-refractivity contribution in [1.29, 1.82) is 0 Å². The van der Waals surface area contributed by atoms with E-state index in [0.717, 1.165) is 25.7 Å². The summed E-state index contributed by atoms with van der Waals surface area (Å²) in [5.74, 6) is 0. The number of hydrogen-bond donors (Lipinski definition) is 1. The van der Waals surface area contributed by atoms with E-state index >= 15 is 0 Å². The van der Waals surface area contributed by atoms with Gasteiger partial charge in [0.25, 0.3) is 0 Å². The average Bonchev–Trinajstić information content (AvgIpc) is 3.00. The Morgan fingerprint density at radius 1 is 1.05 bits per heavy atom. The molecule has 0 aliphatic heterocycles. The Kier molecular flexibility index (Phi) is 6.55. The molecule has 0 bridgehead atoms. The van der Waals surface area contributed by atoms with Crippen LogP contribution in [0.25, 0.3) is 0 Å². The molecule has 1 fully saturated rings. The summed E-state index contributed by atoms with van der Waals surface area (Å²) in [7, 11) is 0. The molecule has 1 saturated carbocycles. The van der Waals surface area contributed by atoms with Gasteiger partial charge in [-0.2, -0.15) is 0 Å². The minimum absolute atomic E-state index is 0.825. The number of nitrogens with one attached hydrogen (secondary N) is 1. The van der Waals surface area contributed by atoms with Gasteiger partial charge in [-0.05, 0) is 43.5 Å². The van der Waals surface area contributed by atoms with Gasteiger partial charge in [-0.25, -0.2) is 0 Å². The largest absolute Gasteiger partial charge is 0.313 e. The van der Waals surface area contributed by atoms with Crippen molar-refractivity contribution >= 4 is 0 Å². The number of nitrogens with zero attached hydrogens (tertiary/aromatic N) is 1. The highest BCUT2D eigenvalue weighted by atomic mass is 15.1. The van der Waals surface area contributed by atoms with Crippen LogP contribution >= 0.6 is 0 Å². The van der Waals surface area contributed by atoms with Crippen LogP contribution in [0.15, 0.2) is 24.3 Å². The van der Waals surface area contributed by atoms with E-state index < -0.39 is 0 Å². The molecule has 0 atom stereocenters. The molecule has 2 heteroatoms. The van der Waals surface area contributed by atoms with Gasteiger partial charge in [0.1, 0.15) is 0 Å². The summed E-state index contributed by atoms with van der Waals surface area (Å²) in [5.41, 5.74) is 2.85. The highest BCUT2D eigenvalue weighted by Gasteiger charge is 2.21. The van der Waals surface area contributed by atoms with E-state index in [1.54, 1.807) is 0 Å². The van der Waals surface area contributed by atoms with Crippen molar-refractivity contribution in [2.75, 3.05) is 13.1 Å². The number of hydrogen-bond acceptors (Lipinski definition) is 2. The lowest BCUT2D eigenvalue weighted by molar-refractivity contribution is 0.200. The zero-order valence-electron chi connectivity index (χ0n) is 13.2. The fraction of sp³-hybridized carbons (Fsp3) is 0.667. The van der Waals surface area contributed by atoms with Crippen molar-refractivity contribution in [3.05, 3.63) is 35.4 Å². The lowest BCUT2D eigenvalue weighted by Gasteiger charge is -2.27. The summed E-state index contributed by atoms with van der Waals surface area (Å²) in [6, 6.07) is 9.99. The van der Waals surface area contributed by atoms with Crippen LogP contribution in [-0.2, 0) is 13.1 Å². The van der Waals surface area contributed by atoms with Crippen LogP contribution in [0.4, 0.5) is 0 Å². The number of rotatable bonds is 8. The zero-order valence-corrected chi connectivity index (χ0v) is 13.2. The molecule has 1 aliphatic carbocycles. The molecule has 0 radical (unpaired) electrons. The zero-order chi connectivity index (χ0) is 14.2. The van der Waals surface area contributed by atoms with E-state index in [1.807, 2.05) is 0 Å². The molecule has 0 heterocycles. The predicted octanol–water partition coefficient (Wildman–Crippen LogP) is 3.95. The highest BCUT2D eigenvalue weighted by molar-refractivity contribution is 5.22. The first-order chi connectivity index (χ1) is 9.83. The minimum atomic E-state index is 0.825. The fourth-order valence-electron chi connectivity index (χ4n) is 3.18. The Morgan fingerprint density at radius 2 is 1.70 bits per heavy atom. The Morgan fingerprint density at radius 3 is 2.30 bits per heavy atom. The predicted molar refractivity (Wildman–Crippen MR) is 86.8 cm³/mol. The lowest BCUT2D eigenvalue weighted by atomic mass is 10.1. The molecule has 112 valence electrons. The summed E-state index contributed by atoms with van der Waals surface area (Å²) in [4.78, 5) is 2.65. The highest BCUT2D eigenvalue weighted by Crippen LogP contribution is 2.24. The third kappa shape index (κ3) is 4.60. The van der Waals surface area contributed by atoms with Gasteiger partial charge in [0.05, 0.1) is 0 Å². The molecule has 0 amide bonds. The molecule has 0 saturated heterocycles. The normalized spacial score (nSPS) is 16.1. The maximum atomic E-state index is 3.46. The molecule has 0 unspecified atom stereocenters. The van der Waals surface area contributed by atoms with E-state index in [1.165, 1.54) is 49.8 Å². The lowest BCUT2D eigenvalue weighted by Crippen LogP contribution is -2.32. The maximum absolute atomic E-state index is 3.46. The van der Waals surface area contributed by atoms with Gasteiger partial charge in [-0.3, -0.25) is 4.90 Å². The molecular weight excluding hydrogens is 244 g/mol. The minimum Gasteiger partial charge on any atom is -0.313 e. The molecular formula is C18H30N2. The second kappa shape index (κ2) is 8.43. The molecule has 20 heavy (non-hydrogen) atoms. The summed E-state index contributed by atoms with van der Waals surface area (Å²) in [6.45, 7) is 8.88. The second-order valence-electron chi connectivity index (χ2n) is 5.99. The third-order valence-corrected chi connectivity index (χ3v) is 4.41. The Bertz CT molecular complexity index is 366. The Hall–Kier alpha value is -0.860. The molecule has 2 rings (SSSR count). The van der Waals surface area contributed by atoms with Gasteiger partial charge in [-0.15, -0.1) is 0 Å². The Labute approximate surface area is 124 Å². The molecule has 1 aromatic rings. The molecule has 0 spiro atoms. The van der Waals surface area contributed by atoms with Crippen molar-refractivity contribution in [1.82, 2.24) is 10.2 Å². The van der Waals surface area contributed by atoms with Gasteiger partial charge < -0.3 is 5.32 Å². The maximum Gasteiger partial charge on any atom is 0.0236 e. The van der Waals surface area contributed by atoms with Crippen LogP contribution in [0, 0.1) is 0 Å². The van der Waals surface area contributed by atoms with Gasteiger partial charge in [0.15, 0.2) is 0 Å². The Balaban J connectivity index is 1.85. The number of benzene rings is 1. The van der Waals surface area contributed by atoms with Crippen molar-refractivity contribution in [2.24, 2.45) is 0 Å². The third-order valence-electron chi connectivity index (χ3n) is 4.41. The van der Waals surface area contributed by atoms with E-state index in [-0.39, 0.29) is 0 Å². The van der Waals surface area contributed by atoms with Gasteiger partial charge >= 0.3 is 0 Å². The van der Waals surface area contributed by atoms with Crippen molar-refractivity contribution in [3.8, 4) is 0 Å². The second-order valence-corrected chi connectivity index (χ2v) is 5.99.